The molecule has 0 unspecified atom stereocenters. The smallest absolute Gasteiger partial charge is 0.259 e. The summed E-state index contributed by atoms with van der Waals surface area (Å²) in [7, 11) is -2.35. The fraction of sp³-hybridized carbons (Fsp3) is 0.588. The van der Waals surface area contributed by atoms with Gasteiger partial charge in [-0.25, -0.2) is 17.8 Å². The number of carbonyl (C=O) groups excluding carboxylic acids is 3. The van der Waals surface area contributed by atoms with E-state index in [1.807, 2.05) is 12.2 Å². The Kier molecular flexibility index (Phi) is 9.21. The van der Waals surface area contributed by atoms with Crippen molar-refractivity contribution in [1.29, 1.82) is 0 Å². The zero-order valence-corrected chi connectivity index (χ0v) is 27.9. The van der Waals surface area contributed by atoms with Gasteiger partial charge in [0.05, 0.1) is 30.5 Å². The molecular formula is C34H43FN4O7S. The van der Waals surface area contributed by atoms with Crippen LogP contribution in [0.25, 0.3) is 10.8 Å². The molecule has 2 aliphatic carbocycles. The maximum absolute atomic E-state index is 14.3. The van der Waals surface area contributed by atoms with Gasteiger partial charge in [-0.2, -0.15) is 0 Å². The second-order valence-electron chi connectivity index (χ2n) is 13.6. The summed E-state index contributed by atoms with van der Waals surface area (Å²) in [6.45, 7) is 4.31. The van der Waals surface area contributed by atoms with E-state index in [2.05, 4.69) is 28.9 Å². The zero-order valence-electron chi connectivity index (χ0n) is 27.0. The highest BCUT2D eigenvalue weighted by Crippen LogP contribution is 2.46. The van der Waals surface area contributed by atoms with Crippen LogP contribution in [0.5, 0.6) is 11.6 Å². The van der Waals surface area contributed by atoms with Gasteiger partial charge in [0.1, 0.15) is 29.3 Å². The van der Waals surface area contributed by atoms with Crippen LogP contribution in [0.1, 0.15) is 71.6 Å². The van der Waals surface area contributed by atoms with Crippen LogP contribution in [0.4, 0.5) is 4.39 Å². The van der Waals surface area contributed by atoms with Crippen molar-refractivity contribution in [3.05, 3.63) is 42.4 Å². The number of benzene rings is 1. The first kappa shape index (κ1) is 33.2. The van der Waals surface area contributed by atoms with E-state index in [0.717, 1.165) is 25.7 Å². The molecule has 6 atom stereocenters. The molecular weight excluding hydrogens is 627 g/mol. The number of carbonyl (C=O) groups is 3. The number of aromatic nitrogens is 1. The van der Waals surface area contributed by atoms with Crippen LogP contribution in [0.15, 0.2) is 36.5 Å². The topological polar surface area (TPSA) is 144 Å². The molecule has 254 valence electrons. The molecule has 2 N–H and O–H groups in total. The van der Waals surface area contributed by atoms with E-state index >= 15 is 0 Å². The average Bonchev–Trinajstić information content (AvgIpc) is 3.96. The minimum atomic E-state index is -3.84. The largest absolute Gasteiger partial charge is 0.494 e. The Balaban J connectivity index is 1.30. The van der Waals surface area contributed by atoms with Gasteiger partial charge in [0, 0.05) is 24.1 Å². The molecule has 13 heteroatoms. The van der Waals surface area contributed by atoms with Crippen LogP contribution in [0, 0.1) is 23.6 Å². The Bertz CT molecular complexity index is 1700. The van der Waals surface area contributed by atoms with Crippen molar-refractivity contribution in [3.8, 4) is 11.6 Å². The molecule has 6 rings (SSSR count). The highest BCUT2D eigenvalue weighted by atomic mass is 32.2. The van der Waals surface area contributed by atoms with Gasteiger partial charge in [-0.1, -0.05) is 32.4 Å². The lowest BCUT2D eigenvalue weighted by Crippen LogP contribution is -2.56. The molecule has 1 aromatic heterocycles. The van der Waals surface area contributed by atoms with Crippen LogP contribution < -0.4 is 19.5 Å². The van der Waals surface area contributed by atoms with Crippen LogP contribution in [0.3, 0.4) is 0 Å². The number of nitrogens with zero attached hydrogens (tertiary/aromatic N) is 2. The number of amides is 3. The predicted molar refractivity (Wildman–Crippen MR) is 172 cm³/mol. The van der Waals surface area contributed by atoms with Crippen LogP contribution >= 0.6 is 0 Å². The van der Waals surface area contributed by atoms with Gasteiger partial charge in [0.25, 0.3) is 5.91 Å². The number of halogens is 1. The minimum absolute atomic E-state index is 0.0893. The van der Waals surface area contributed by atoms with E-state index in [4.69, 9.17) is 9.47 Å². The van der Waals surface area contributed by atoms with Gasteiger partial charge in [-0.05, 0) is 68.6 Å². The van der Waals surface area contributed by atoms with Gasteiger partial charge in [0.2, 0.25) is 27.7 Å². The predicted octanol–water partition coefficient (Wildman–Crippen LogP) is 4.01. The number of rotatable bonds is 7. The molecule has 3 heterocycles. The van der Waals surface area contributed by atoms with Gasteiger partial charge in [-0.3, -0.25) is 19.1 Å². The third-order valence-corrected chi connectivity index (χ3v) is 11.9. The lowest BCUT2D eigenvalue weighted by Gasteiger charge is -2.28. The molecule has 2 aromatic rings. The van der Waals surface area contributed by atoms with E-state index in [0.29, 0.717) is 35.3 Å². The Hall–Kier alpha value is -3.74. The minimum Gasteiger partial charge on any atom is -0.494 e. The van der Waals surface area contributed by atoms with Crippen molar-refractivity contribution in [2.24, 2.45) is 17.8 Å². The van der Waals surface area contributed by atoms with E-state index < -0.39 is 50.6 Å². The molecule has 3 fully saturated rings. The highest BCUT2D eigenvalue weighted by Gasteiger charge is 2.62. The lowest BCUT2D eigenvalue weighted by molar-refractivity contribution is -0.140. The molecule has 47 heavy (non-hydrogen) atoms. The fourth-order valence-electron chi connectivity index (χ4n) is 7.04. The number of hydrogen-bond acceptors (Lipinski definition) is 8. The third kappa shape index (κ3) is 6.95. The summed E-state index contributed by atoms with van der Waals surface area (Å²) in [6.07, 6.45) is 9.69. The molecule has 2 aliphatic heterocycles. The van der Waals surface area contributed by atoms with E-state index in [-0.39, 0.29) is 49.4 Å². The van der Waals surface area contributed by atoms with Gasteiger partial charge in [0.15, 0.2) is 0 Å². The zero-order chi connectivity index (χ0) is 33.5. The van der Waals surface area contributed by atoms with Crippen LogP contribution in [0.2, 0.25) is 0 Å². The van der Waals surface area contributed by atoms with Crippen molar-refractivity contribution < 1.29 is 36.7 Å². The summed E-state index contributed by atoms with van der Waals surface area (Å²) < 4.78 is 53.6. The molecule has 3 amide bonds. The maximum Gasteiger partial charge on any atom is 0.259 e. The molecule has 0 radical (unpaired) electrons. The van der Waals surface area contributed by atoms with Crippen molar-refractivity contribution in [2.45, 2.75) is 94.6 Å². The lowest BCUT2D eigenvalue weighted by atomic mass is 9.88. The second kappa shape index (κ2) is 13.0. The number of ether oxygens (including phenoxy) is 2. The quantitative estimate of drug-likeness (QED) is 0.421. The fourth-order valence-corrected chi connectivity index (χ4v) is 8.40. The summed E-state index contributed by atoms with van der Waals surface area (Å²) in [5.41, 5.74) is -1.44. The number of sulfonamides is 1. The summed E-state index contributed by atoms with van der Waals surface area (Å²) in [5.74, 6) is -1.27. The van der Waals surface area contributed by atoms with Crippen molar-refractivity contribution in [1.82, 2.24) is 19.9 Å². The molecule has 1 saturated heterocycles. The van der Waals surface area contributed by atoms with Gasteiger partial charge >= 0.3 is 0 Å². The molecule has 4 aliphatic rings. The molecule has 0 spiro atoms. The van der Waals surface area contributed by atoms with Crippen LogP contribution in [-0.2, 0) is 24.4 Å². The summed E-state index contributed by atoms with van der Waals surface area (Å²) in [5, 5.41) is 3.28. The van der Waals surface area contributed by atoms with Gasteiger partial charge < -0.3 is 19.7 Å². The monoisotopic (exact) mass is 670 g/mol. The summed E-state index contributed by atoms with van der Waals surface area (Å²) in [4.78, 5) is 47.4. The number of allylic oxidation sites excluding steroid dienone is 1. The Morgan fingerprint density at radius 1 is 1.19 bits per heavy atom. The first-order valence-electron chi connectivity index (χ1n) is 16.6. The Morgan fingerprint density at radius 2 is 1.98 bits per heavy atom. The van der Waals surface area contributed by atoms with Crippen molar-refractivity contribution in [3.63, 3.8) is 0 Å². The van der Waals surface area contributed by atoms with Gasteiger partial charge in [-0.15, -0.1) is 0 Å². The molecule has 1 aromatic carbocycles. The highest BCUT2D eigenvalue weighted by molar-refractivity contribution is 7.91. The normalized spacial score (nSPS) is 30.7. The molecule has 2 saturated carbocycles. The second-order valence-corrected chi connectivity index (χ2v) is 15.6. The van der Waals surface area contributed by atoms with Crippen LogP contribution in [-0.4, -0.2) is 72.6 Å². The third-order valence-electron chi connectivity index (χ3n) is 10.1. The molecule has 0 bridgehead atoms. The number of methoxy groups -OCH3 is 1. The summed E-state index contributed by atoms with van der Waals surface area (Å²) in [6, 6.07) is 3.23. The number of pyridine rings is 1. The number of fused-ring (bicyclic) bond motifs is 3. The average molecular weight is 671 g/mol. The van der Waals surface area contributed by atoms with E-state index in [1.54, 1.807) is 6.07 Å². The molecule has 11 nitrogen and oxygen atoms in total. The first-order chi connectivity index (χ1) is 22.4. The van der Waals surface area contributed by atoms with E-state index in [9.17, 15) is 27.2 Å². The maximum atomic E-state index is 14.3. The SMILES string of the molecule is CC[C@H]1CC(=O)N2C[C@H](Oc3ncc(OC)c4ccc(F)cc34)C[C@H]2C(=O)N[C@]2(C(=O)NS(=O)(=O)C3CC3)C[C@H]2/C=C\CC[C@H](C)C1. The standard InChI is InChI=1S/C34H43FN4O7S/c1-4-21-13-20(2)7-5-6-8-22-17-34(22,33(42)38-47(43,44)25-10-11-25)37-31(41)28-16-24(19-39(28)30(40)14-21)46-32-27-15-23(35)9-12-26(27)29(45-3)18-36-32/h6,8-9,12,15,18,20-22,24-25,28H,4-5,7,10-11,13-14,16-17,19H2,1-3H3,(H,37,41)(H,38,42)/b8-6-/t20-,21+,22+,24+,28-,34+/m0/s1. The van der Waals surface area contributed by atoms with Crippen molar-refractivity contribution >= 4 is 38.5 Å². The number of hydrogen-bond donors (Lipinski definition) is 2. The summed E-state index contributed by atoms with van der Waals surface area (Å²) >= 11 is 0. The Morgan fingerprint density at radius 3 is 2.70 bits per heavy atom. The van der Waals surface area contributed by atoms with Crippen molar-refractivity contribution in [2.75, 3.05) is 13.7 Å². The Labute approximate surface area is 274 Å². The first-order valence-corrected chi connectivity index (χ1v) is 18.1. The van der Waals surface area contributed by atoms with E-state index in [1.165, 1.54) is 30.3 Å². The number of nitrogens with one attached hydrogen (secondary N) is 2.